The zero-order valence-electron chi connectivity index (χ0n) is 14.0. The number of anilines is 1. The maximum Gasteiger partial charge on any atom is 0.220 e. The van der Waals surface area contributed by atoms with Crippen LogP contribution in [-0.4, -0.2) is 30.6 Å². The zero-order valence-corrected chi connectivity index (χ0v) is 14.0. The Kier molecular flexibility index (Phi) is 3.79. The number of rotatable bonds is 3. The molecule has 0 bridgehead atoms. The van der Waals surface area contributed by atoms with E-state index >= 15 is 0 Å². The van der Waals surface area contributed by atoms with Crippen molar-refractivity contribution in [3.8, 4) is 5.75 Å². The Bertz CT molecular complexity index is 766. The van der Waals surface area contributed by atoms with Crippen molar-refractivity contribution in [1.82, 2.24) is 10.3 Å². The van der Waals surface area contributed by atoms with Crippen molar-refractivity contribution in [2.75, 3.05) is 19.0 Å². The summed E-state index contributed by atoms with van der Waals surface area (Å²) in [5.41, 5.74) is 2.18. The molecule has 1 aliphatic heterocycles. The summed E-state index contributed by atoms with van der Waals surface area (Å²) in [7, 11) is 1.68. The number of amides is 1. The number of pyridine rings is 1. The number of carbonyl (C=O) groups excluding carboxylic acids is 1. The normalized spacial score (nSPS) is 26.5. The van der Waals surface area contributed by atoms with E-state index in [1.165, 1.54) is 0 Å². The fourth-order valence-corrected chi connectivity index (χ4v) is 4.11. The van der Waals surface area contributed by atoms with Gasteiger partial charge >= 0.3 is 0 Å². The molecule has 1 aliphatic carbocycles. The van der Waals surface area contributed by atoms with Gasteiger partial charge in [0.05, 0.1) is 7.11 Å². The average Bonchev–Trinajstić information content (AvgIpc) is 2.97. The third-order valence-electron chi connectivity index (χ3n) is 5.50. The molecule has 2 heterocycles. The van der Waals surface area contributed by atoms with Crippen LogP contribution in [-0.2, 0) is 4.79 Å². The number of benzene rings is 1. The monoisotopic (exact) mass is 325 g/mol. The van der Waals surface area contributed by atoms with Crippen molar-refractivity contribution in [1.29, 1.82) is 0 Å². The van der Waals surface area contributed by atoms with E-state index in [0.29, 0.717) is 12.5 Å². The smallest absolute Gasteiger partial charge is 0.220 e. The molecule has 1 amide bonds. The topological polar surface area (TPSA) is 63.2 Å². The minimum absolute atomic E-state index is 0.209. The largest absolute Gasteiger partial charge is 0.494 e. The number of hydrogen-bond acceptors (Lipinski definition) is 4. The summed E-state index contributed by atoms with van der Waals surface area (Å²) in [6.45, 7) is 0.855. The molecule has 0 atom stereocenters. The molecule has 5 heteroatoms. The van der Waals surface area contributed by atoms with Gasteiger partial charge in [0.15, 0.2) is 0 Å². The van der Waals surface area contributed by atoms with Crippen molar-refractivity contribution in [2.45, 2.75) is 38.1 Å². The lowest BCUT2D eigenvalue weighted by atomic mass is 9.72. The Morgan fingerprint density at radius 3 is 2.88 bits per heavy atom. The number of methoxy groups -OCH3 is 1. The van der Waals surface area contributed by atoms with Gasteiger partial charge in [0.2, 0.25) is 5.91 Å². The molecule has 2 N–H and O–H groups in total. The maximum atomic E-state index is 11.5. The van der Waals surface area contributed by atoms with Crippen LogP contribution in [0.25, 0.3) is 10.9 Å². The summed E-state index contributed by atoms with van der Waals surface area (Å²) in [6, 6.07) is 8.61. The number of nitrogens with one attached hydrogen (secondary N) is 2. The number of carbonyl (C=O) groups is 1. The van der Waals surface area contributed by atoms with Gasteiger partial charge in [-0.3, -0.25) is 9.78 Å². The molecule has 2 aromatic rings. The third kappa shape index (κ3) is 2.79. The predicted molar refractivity (Wildman–Crippen MR) is 94.2 cm³/mol. The molecule has 1 saturated heterocycles. The number of aromatic nitrogens is 1. The van der Waals surface area contributed by atoms with Gasteiger partial charge < -0.3 is 15.4 Å². The molecule has 4 rings (SSSR count). The highest BCUT2D eigenvalue weighted by atomic mass is 16.5. The van der Waals surface area contributed by atoms with Crippen molar-refractivity contribution in [3.63, 3.8) is 0 Å². The number of hydrogen-bond donors (Lipinski definition) is 2. The van der Waals surface area contributed by atoms with Crippen LogP contribution in [0, 0.1) is 5.41 Å². The quantitative estimate of drug-likeness (QED) is 0.910. The Labute approximate surface area is 141 Å². The molecule has 24 heavy (non-hydrogen) atoms. The van der Waals surface area contributed by atoms with E-state index in [1.54, 1.807) is 13.3 Å². The van der Waals surface area contributed by atoms with E-state index in [1.807, 2.05) is 12.1 Å². The number of nitrogens with zero attached hydrogens (tertiary/aromatic N) is 1. The van der Waals surface area contributed by atoms with Crippen LogP contribution >= 0.6 is 0 Å². The van der Waals surface area contributed by atoms with Crippen molar-refractivity contribution in [3.05, 3.63) is 30.5 Å². The van der Waals surface area contributed by atoms with Gasteiger partial charge in [0.1, 0.15) is 11.3 Å². The molecule has 1 aromatic carbocycles. The molecule has 0 unspecified atom stereocenters. The van der Waals surface area contributed by atoms with Gasteiger partial charge in [-0.25, -0.2) is 0 Å². The first-order valence-corrected chi connectivity index (χ1v) is 8.63. The molecule has 1 aromatic heterocycles. The summed E-state index contributed by atoms with van der Waals surface area (Å²) in [5.74, 6) is 1.02. The van der Waals surface area contributed by atoms with Crippen LogP contribution in [0.1, 0.15) is 32.1 Å². The fraction of sp³-hybridized carbons (Fsp3) is 0.474. The lowest BCUT2D eigenvalue weighted by molar-refractivity contribution is -0.119. The second-order valence-corrected chi connectivity index (χ2v) is 7.13. The standard InChI is InChI=1S/C19H23N3O2/c1-24-16-10-15(9-13-3-2-8-20-18(13)16)22-14-4-6-19(7-5-14)11-17(23)21-12-19/h2-3,8-10,14,22H,4-7,11-12H2,1H3,(H,21,23). The van der Waals surface area contributed by atoms with E-state index in [9.17, 15) is 4.79 Å². The van der Waals surface area contributed by atoms with Crippen LogP contribution in [0.4, 0.5) is 5.69 Å². The summed E-state index contributed by atoms with van der Waals surface area (Å²) in [6.07, 6.45) is 6.90. The molecule has 2 aliphatic rings. The van der Waals surface area contributed by atoms with E-state index in [-0.39, 0.29) is 11.3 Å². The first kappa shape index (κ1) is 15.2. The highest BCUT2D eigenvalue weighted by Gasteiger charge is 2.41. The van der Waals surface area contributed by atoms with Gasteiger partial charge in [0.25, 0.3) is 0 Å². The van der Waals surface area contributed by atoms with Gasteiger partial charge in [-0.1, -0.05) is 6.07 Å². The lowest BCUT2D eigenvalue weighted by Crippen LogP contribution is -2.34. The van der Waals surface area contributed by atoms with Gasteiger partial charge in [0, 0.05) is 42.3 Å². The van der Waals surface area contributed by atoms with Gasteiger partial charge in [-0.2, -0.15) is 0 Å². The first-order valence-electron chi connectivity index (χ1n) is 8.63. The van der Waals surface area contributed by atoms with Crippen LogP contribution in [0.15, 0.2) is 30.5 Å². The van der Waals surface area contributed by atoms with E-state index in [0.717, 1.165) is 54.6 Å². The van der Waals surface area contributed by atoms with Crippen molar-refractivity contribution < 1.29 is 9.53 Å². The minimum atomic E-state index is 0.209. The number of fused-ring (bicyclic) bond motifs is 1. The molecule has 0 radical (unpaired) electrons. The van der Waals surface area contributed by atoms with Crippen LogP contribution < -0.4 is 15.4 Å². The van der Waals surface area contributed by atoms with E-state index < -0.39 is 0 Å². The Balaban J connectivity index is 1.48. The molecular formula is C19H23N3O2. The summed E-state index contributed by atoms with van der Waals surface area (Å²) >= 11 is 0. The van der Waals surface area contributed by atoms with Crippen LogP contribution in [0.2, 0.25) is 0 Å². The molecule has 126 valence electrons. The summed E-state index contributed by atoms with van der Waals surface area (Å²) < 4.78 is 5.50. The fourth-order valence-electron chi connectivity index (χ4n) is 4.11. The highest BCUT2D eigenvalue weighted by Crippen LogP contribution is 2.42. The van der Waals surface area contributed by atoms with Crippen LogP contribution in [0.3, 0.4) is 0 Å². The second kappa shape index (κ2) is 5.96. The average molecular weight is 325 g/mol. The highest BCUT2D eigenvalue weighted by molar-refractivity contribution is 5.88. The molecule has 5 nitrogen and oxygen atoms in total. The first-order chi connectivity index (χ1) is 11.7. The zero-order chi connectivity index (χ0) is 16.6. The van der Waals surface area contributed by atoms with Crippen molar-refractivity contribution in [2.24, 2.45) is 5.41 Å². The second-order valence-electron chi connectivity index (χ2n) is 7.13. The van der Waals surface area contributed by atoms with Crippen molar-refractivity contribution >= 4 is 22.5 Å². The SMILES string of the molecule is COc1cc(NC2CCC3(CC2)CNC(=O)C3)cc2cccnc12. The van der Waals surface area contributed by atoms with E-state index in [2.05, 4.69) is 27.8 Å². The van der Waals surface area contributed by atoms with Gasteiger partial charge in [-0.15, -0.1) is 0 Å². The summed E-state index contributed by atoms with van der Waals surface area (Å²) in [4.78, 5) is 15.9. The lowest BCUT2D eigenvalue weighted by Gasteiger charge is -2.36. The molecule has 2 fully saturated rings. The van der Waals surface area contributed by atoms with Crippen LogP contribution in [0.5, 0.6) is 5.75 Å². The Morgan fingerprint density at radius 1 is 1.33 bits per heavy atom. The molecular weight excluding hydrogens is 302 g/mol. The number of ether oxygens (including phenoxy) is 1. The van der Waals surface area contributed by atoms with E-state index in [4.69, 9.17) is 4.74 Å². The molecule has 1 saturated carbocycles. The Hall–Kier alpha value is -2.30. The molecule has 1 spiro atoms. The minimum Gasteiger partial charge on any atom is -0.494 e. The maximum absolute atomic E-state index is 11.5. The van der Waals surface area contributed by atoms with Gasteiger partial charge in [-0.05, 0) is 43.2 Å². The Morgan fingerprint density at radius 2 is 2.17 bits per heavy atom. The third-order valence-corrected chi connectivity index (χ3v) is 5.50. The predicted octanol–water partition coefficient (Wildman–Crippen LogP) is 3.10. The summed E-state index contributed by atoms with van der Waals surface area (Å²) in [5, 5.41) is 7.73.